The lowest BCUT2D eigenvalue weighted by atomic mass is 10.2. The number of unbranched alkanes of at least 4 members (excludes halogenated alkanes) is 1. The maximum atomic E-state index is 10.8. The molecule has 17 heavy (non-hydrogen) atoms. The molecule has 0 bridgehead atoms. The van der Waals surface area contributed by atoms with Crippen LogP contribution in [-0.4, -0.2) is 43.7 Å². The average molecular weight is 264 g/mol. The summed E-state index contributed by atoms with van der Waals surface area (Å²) in [6.07, 6.45) is 4.63. The zero-order chi connectivity index (χ0) is 12.4. The highest BCUT2D eigenvalue weighted by Crippen LogP contribution is 2.07. The van der Waals surface area contributed by atoms with Crippen molar-refractivity contribution < 1.29 is 26.4 Å². The SMILES string of the molecule is C=CC(=O)OCCC[N+](C)(CC)CCCC.[Cl-]. The molecule has 0 aromatic heterocycles. The third kappa shape index (κ3) is 9.19. The van der Waals surface area contributed by atoms with Gasteiger partial charge < -0.3 is 21.6 Å². The van der Waals surface area contributed by atoms with Crippen LogP contribution in [0, 0.1) is 0 Å². The van der Waals surface area contributed by atoms with Crippen LogP contribution in [0.15, 0.2) is 12.7 Å². The van der Waals surface area contributed by atoms with Gasteiger partial charge >= 0.3 is 5.97 Å². The number of esters is 1. The second-order valence-corrected chi connectivity index (χ2v) is 4.46. The van der Waals surface area contributed by atoms with E-state index in [-0.39, 0.29) is 18.4 Å². The van der Waals surface area contributed by atoms with Gasteiger partial charge in [0.05, 0.1) is 33.3 Å². The van der Waals surface area contributed by atoms with Crippen molar-refractivity contribution in [3.8, 4) is 0 Å². The van der Waals surface area contributed by atoms with Gasteiger partial charge in [-0.05, 0) is 13.3 Å². The number of rotatable bonds is 9. The van der Waals surface area contributed by atoms with E-state index in [9.17, 15) is 4.79 Å². The summed E-state index contributed by atoms with van der Waals surface area (Å²) in [6.45, 7) is 11.7. The second kappa shape index (κ2) is 10.6. The van der Waals surface area contributed by atoms with Crippen molar-refractivity contribution in [3.05, 3.63) is 12.7 Å². The summed E-state index contributed by atoms with van der Waals surface area (Å²) in [5, 5.41) is 0. The number of halogens is 1. The lowest BCUT2D eigenvalue weighted by Crippen LogP contribution is -3.00. The van der Waals surface area contributed by atoms with Crippen molar-refractivity contribution in [3.63, 3.8) is 0 Å². The summed E-state index contributed by atoms with van der Waals surface area (Å²) in [7, 11) is 2.27. The van der Waals surface area contributed by atoms with E-state index in [2.05, 4.69) is 27.5 Å². The Labute approximate surface area is 112 Å². The number of quaternary nitrogens is 1. The minimum absolute atomic E-state index is 0. The predicted octanol–water partition coefficient (Wildman–Crippen LogP) is -0.624. The molecular weight excluding hydrogens is 238 g/mol. The molecule has 0 heterocycles. The van der Waals surface area contributed by atoms with Crippen molar-refractivity contribution in [2.45, 2.75) is 33.1 Å². The van der Waals surface area contributed by atoms with E-state index in [4.69, 9.17) is 4.74 Å². The lowest BCUT2D eigenvalue weighted by molar-refractivity contribution is -0.908. The first-order valence-corrected chi connectivity index (χ1v) is 6.20. The standard InChI is InChI=1S/C13H26NO2.ClH/c1-5-8-10-14(4,7-3)11-9-12-16-13(15)6-2;/h6H,2,5,7-12H2,1,3-4H3;1H/q+1;/p-1. The van der Waals surface area contributed by atoms with Crippen LogP contribution in [0.2, 0.25) is 0 Å². The van der Waals surface area contributed by atoms with Gasteiger partial charge in [0.25, 0.3) is 0 Å². The molecule has 0 aromatic rings. The third-order valence-electron chi connectivity index (χ3n) is 3.07. The van der Waals surface area contributed by atoms with Crippen molar-refractivity contribution >= 4 is 5.97 Å². The lowest BCUT2D eigenvalue weighted by Gasteiger charge is -2.33. The van der Waals surface area contributed by atoms with Gasteiger partial charge in [-0.25, -0.2) is 4.79 Å². The largest absolute Gasteiger partial charge is 1.00 e. The number of carbonyl (C=O) groups is 1. The Hall–Kier alpha value is -0.540. The fourth-order valence-electron chi connectivity index (χ4n) is 1.65. The van der Waals surface area contributed by atoms with Gasteiger partial charge in [-0.2, -0.15) is 0 Å². The molecule has 0 saturated carbocycles. The first-order valence-electron chi connectivity index (χ1n) is 6.20. The minimum atomic E-state index is -0.320. The highest BCUT2D eigenvalue weighted by Gasteiger charge is 2.17. The van der Waals surface area contributed by atoms with Gasteiger partial charge in [0.15, 0.2) is 0 Å². The highest BCUT2D eigenvalue weighted by molar-refractivity contribution is 5.81. The van der Waals surface area contributed by atoms with Gasteiger partial charge in [-0.3, -0.25) is 0 Å². The first-order chi connectivity index (χ1) is 7.58. The van der Waals surface area contributed by atoms with Gasteiger partial charge in [-0.15, -0.1) is 0 Å². The molecular formula is C13H26ClNO2. The van der Waals surface area contributed by atoms with E-state index in [0.717, 1.165) is 24.0 Å². The van der Waals surface area contributed by atoms with Crippen LogP contribution in [0.3, 0.4) is 0 Å². The van der Waals surface area contributed by atoms with Crippen molar-refractivity contribution in [1.29, 1.82) is 0 Å². The van der Waals surface area contributed by atoms with E-state index in [1.165, 1.54) is 25.5 Å². The topological polar surface area (TPSA) is 26.3 Å². The normalized spacial score (nSPS) is 13.4. The van der Waals surface area contributed by atoms with Gasteiger partial charge in [0.2, 0.25) is 0 Å². The molecule has 0 aliphatic rings. The molecule has 0 spiro atoms. The number of hydrogen-bond acceptors (Lipinski definition) is 2. The van der Waals surface area contributed by atoms with E-state index in [1.807, 2.05) is 0 Å². The van der Waals surface area contributed by atoms with Crippen LogP contribution >= 0.6 is 0 Å². The van der Waals surface area contributed by atoms with E-state index < -0.39 is 0 Å². The fraction of sp³-hybridized carbons (Fsp3) is 0.769. The summed E-state index contributed by atoms with van der Waals surface area (Å²) in [4.78, 5) is 10.8. The number of ether oxygens (including phenoxy) is 1. The molecule has 0 fully saturated rings. The third-order valence-corrected chi connectivity index (χ3v) is 3.07. The van der Waals surface area contributed by atoms with Crippen LogP contribution in [0.25, 0.3) is 0 Å². The van der Waals surface area contributed by atoms with E-state index in [1.54, 1.807) is 0 Å². The van der Waals surface area contributed by atoms with Crippen LogP contribution in [0.5, 0.6) is 0 Å². The van der Waals surface area contributed by atoms with Gasteiger partial charge in [0, 0.05) is 12.5 Å². The quantitative estimate of drug-likeness (QED) is 0.240. The Kier molecular flexibility index (Phi) is 11.7. The molecule has 102 valence electrons. The van der Waals surface area contributed by atoms with Crippen molar-refractivity contribution in [1.82, 2.24) is 0 Å². The molecule has 0 aliphatic carbocycles. The highest BCUT2D eigenvalue weighted by atomic mass is 35.5. The van der Waals surface area contributed by atoms with Crippen LogP contribution in [0.4, 0.5) is 0 Å². The summed E-state index contributed by atoms with van der Waals surface area (Å²) >= 11 is 0. The minimum Gasteiger partial charge on any atom is -1.00 e. The Bertz CT molecular complexity index is 221. The van der Waals surface area contributed by atoms with Crippen LogP contribution < -0.4 is 12.4 Å². The Morgan fingerprint density at radius 3 is 2.35 bits per heavy atom. The van der Waals surface area contributed by atoms with Crippen LogP contribution in [0.1, 0.15) is 33.1 Å². The molecule has 0 saturated heterocycles. The van der Waals surface area contributed by atoms with Crippen molar-refractivity contribution in [2.75, 3.05) is 33.3 Å². The molecule has 0 amide bonds. The molecule has 0 aliphatic heterocycles. The van der Waals surface area contributed by atoms with Crippen molar-refractivity contribution in [2.24, 2.45) is 0 Å². The fourth-order valence-corrected chi connectivity index (χ4v) is 1.65. The Balaban J connectivity index is 0. The molecule has 1 unspecified atom stereocenters. The number of carbonyl (C=O) groups excluding carboxylic acids is 1. The molecule has 0 rings (SSSR count). The molecule has 3 nitrogen and oxygen atoms in total. The monoisotopic (exact) mass is 263 g/mol. The smallest absolute Gasteiger partial charge is 0.330 e. The molecule has 0 N–H and O–H groups in total. The maximum Gasteiger partial charge on any atom is 0.330 e. The average Bonchev–Trinajstić information content (AvgIpc) is 2.31. The first kappa shape index (κ1) is 18.8. The Morgan fingerprint density at radius 1 is 1.29 bits per heavy atom. The summed E-state index contributed by atoms with van der Waals surface area (Å²) in [5.41, 5.74) is 0. The maximum absolute atomic E-state index is 10.8. The predicted molar refractivity (Wildman–Crippen MR) is 67.1 cm³/mol. The summed E-state index contributed by atoms with van der Waals surface area (Å²) in [6, 6.07) is 0. The molecule has 0 aromatic carbocycles. The number of nitrogens with zero attached hydrogens (tertiary/aromatic N) is 1. The zero-order valence-electron chi connectivity index (χ0n) is 11.4. The summed E-state index contributed by atoms with van der Waals surface area (Å²) < 4.78 is 6.04. The Morgan fingerprint density at radius 2 is 1.88 bits per heavy atom. The van der Waals surface area contributed by atoms with Crippen LogP contribution in [-0.2, 0) is 9.53 Å². The van der Waals surface area contributed by atoms with E-state index in [0.29, 0.717) is 6.61 Å². The zero-order valence-corrected chi connectivity index (χ0v) is 12.1. The second-order valence-electron chi connectivity index (χ2n) is 4.46. The van der Waals surface area contributed by atoms with Gasteiger partial charge in [-0.1, -0.05) is 19.9 Å². The summed E-state index contributed by atoms with van der Waals surface area (Å²) in [5.74, 6) is -0.320. The molecule has 1 atom stereocenters. The molecule has 4 heteroatoms. The molecule has 0 radical (unpaired) electrons. The number of hydrogen-bond donors (Lipinski definition) is 0. The van der Waals surface area contributed by atoms with Gasteiger partial charge in [0.1, 0.15) is 0 Å². The van der Waals surface area contributed by atoms with E-state index >= 15 is 0 Å².